The summed E-state index contributed by atoms with van der Waals surface area (Å²) in [5, 5.41) is 15.8. The van der Waals surface area contributed by atoms with Crippen molar-refractivity contribution >= 4 is 51.1 Å². The fraction of sp³-hybridized carbons (Fsp3) is 0.0435. The molecule has 0 bridgehead atoms. The molecule has 1 saturated heterocycles. The minimum absolute atomic E-state index is 0.0249. The van der Waals surface area contributed by atoms with Crippen LogP contribution in [0.15, 0.2) is 70.6 Å². The highest BCUT2D eigenvalue weighted by atomic mass is 32.2. The standard InChI is InChI=1S/C23H15N3O4S/c1-2-13-30-20-12-7-15-5-3-4-6-18(15)19(20)14-21-22(27)25-23(31-21)24-16-8-10-17(11-9-16)26(28)29/h1,3-12,14H,13H2,(H,24,25,27)/b21-14-. The predicted octanol–water partition coefficient (Wildman–Crippen LogP) is 4.65. The van der Waals surface area contributed by atoms with Gasteiger partial charge in [0.2, 0.25) is 0 Å². The van der Waals surface area contributed by atoms with Gasteiger partial charge in [-0.25, -0.2) is 4.99 Å². The number of fused-ring (bicyclic) bond motifs is 1. The predicted molar refractivity (Wildman–Crippen MR) is 122 cm³/mol. The molecule has 0 aliphatic carbocycles. The van der Waals surface area contributed by atoms with Crippen LogP contribution in [0.1, 0.15) is 5.56 Å². The van der Waals surface area contributed by atoms with Crippen molar-refractivity contribution in [1.82, 2.24) is 5.32 Å². The van der Waals surface area contributed by atoms with Gasteiger partial charge >= 0.3 is 0 Å². The van der Waals surface area contributed by atoms with E-state index in [0.717, 1.165) is 16.3 Å². The molecule has 31 heavy (non-hydrogen) atoms. The second kappa shape index (κ2) is 8.73. The van der Waals surface area contributed by atoms with Crippen LogP contribution in [0.4, 0.5) is 11.4 Å². The van der Waals surface area contributed by atoms with Crippen molar-refractivity contribution < 1.29 is 14.5 Å². The monoisotopic (exact) mass is 429 g/mol. The first-order valence-electron chi connectivity index (χ1n) is 9.17. The number of hydrogen-bond acceptors (Lipinski definition) is 6. The molecule has 0 atom stereocenters. The van der Waals surface area contributed by atoms with Crippen molar-refractivity contribution in [3.8, 4) is 18.1 Å². The Balaban J connectivity index is 1.68. The van der Waals surface area contributed by atoms with Crippen LogP contribution in [-0.2, 0) is 4.79 Å². The van der Waals surface area contributed by atoms with Crippen LogP contribution in [0.3, 0.4) is 0 Å². The van der Waals surface area contributed by atoms with Crippen LogP contribution < -0.4 is 10.1 Å². The zero-order valence-electron chi connectivity index (χ0n) is 16.1. The zero-order chi connectivity index (χ0) is 21.8. The van der Waals surface area contributed by atoms with Crippen molar-refractivity contribution in [3.05, 3.63) is 81.2 Å². The van der Waals surface area contributed by atoms with Crippen LogP contribution in [0, 0.1) is 22.5 Å². The minimum Gasteiger partial charge on any atom is -0.480 e. The van der Waals surface area contributed by atoms with Crippen molar-refractivity contribution in [2.75, 3.05) is 6.61 Å². The van der Waals surface area contributed by atoms with E-state index in [-0.39, 0.29) is 18.2 Å². The molecule has 1 heterocycles. The van der Waals surface area contributed by atoms with Crippen LogP contribution in [0.5, 0.6) is 5.75 Å². The van der Waals surface area contributed by atoms with E-state index in [0.29, 0.717) is 21.5 Å². The van der Waals surface area contributed by atoms with Gasteiger partial charge in [-0.15, -0.1) is 6.42 Å². The third-order valence-corrected chi connectivity index (χ3v) is 5.37. The smallest absolute Gasteiger partial charge is 0.269 e. The lowest BCUT2D eigenvalue weighted by Gasteiger charge is -2.10. The third-order valence-electron chi connectivity index (χ3n) is 4.46. The van der Waals surface area contributed by atoms with E-state index in [4.69, 9.17) is 11.2 Å². The van der Waals surface area contributed by atoms with Gasteiger partial charge in [-0.2, -0.15) is 0 Å². The van der Waals surface area contributed by atoms with Gasteiger partial charge in [0, 0.05) is 17.7 Å². The number of nitrogens with zero attached hydrogens (tertiary/aromatic N) is 2. The molecule has 8 heteroatoms. The van der Waals surface area contributed by atoms with Gasteiger partial charge in [-0.05, 0) is 46.8 Å². The van der Waals surface area contributed by atoms with Gasteiger partial charge in [0.1, 0.15) is 12.4 Å². The molecule has 1 aliphatic heterocycles. The van der Waals surface area contributed by atoms with Crippen LogP contribution >= 0.6 is 11.8 Å². The van der Waals surface area contributed by atoms with Gasteiger partial charge in [0.25, 0.3) is 11.6 Å². The number of carbonyl (C=O) groups excluding carboxylic acids is 1. The molecule has 152 valence electrons. The molecule has 1 amide bonds. The number of amides is 1. The van der Waals surface area contributed by atoms with Crippen molar-refractivity contribution in [1.29, 1.82) is 0 Å². The van der Waals surface area contributed by atoms with Crippen LogP contribution in [0.25, 0.3) is 16.8 Å². The Bertz CT molecular complexity index is 1290. The number of thioether (sulfide) groups is 1. The Hall–Kier alpha value is -4.09. The van der Waals surface area contributed by atoms with E-state index < -0.39 is 4.92 Å². The number of carbonyl (C=O) groups is 1. The summed E-state index contributed by atoms with van der Waals surface area (Å²) in [7, 11) is 0. The molecular weight excluding hydrogens is 414 g/mol. The molecule has 4 rings (SSSR count). The summed E-state index contributed by atoms with van der Waals surface area (Å²) in [6.45, 7) is 0.112. The topological polar surface area (TPSA) is 93.8 Å². The van der Waals surface area contributed by atoms with Gasteiger partial charge in [0.05, 0.1) is 15.5 Å². The number of benzene rings is 3. The van der Waals surface area contributed by atoms with E-state index >= 15 is 0 Å². The van der Waals surface area contributed by atoms with E-state index in [2.05, 4.69) is 16.2 Å². The number of rotatable bonds is 5. The molecule has 0 unspecified atom stereocenters. The highest BCUT2D eigenvalue weighted by Crippen LogP contribution is 2.34. The fourth-order valence-electron chi connectivity index (χ4n) is 3.05. The maximum atomic E-state index is 12.5. The van der Waals surface area contributed by atoms with Crippen molar-refractivity contribution in [2.45, 2.75) is 0 Å². The minimum atomic E-state index is -0.478. The Kier molecular flexibility index (Phi) is 5.69. The molecule has 1 N–H and O–H groups in total. The summed E-state index contributed by atoms with van der Waals surface area (Å²) < 4.78 is 5.69. The summed E-state index contributed by atoms with van der Waals surface area (Å²) in [5.41, 5.74) is 1.23. The normalized spacial score (nSPS) is 15.8. The van der Waals surface area contributed by atoms with Gasteiger partial charge < -0.3 is 10.1 Å². The second-order valence-corrected chi connectivity index (χ2v) is 7.48. The van der Waals surface area contributed by atoms with Gasteiger partial charge in [-0.1, -0.05) is 36.3 Å². The molecule has 1 aliphatic rings. The molecule has 3 aromatic carbocycles. The highest BCUT2D eigenvalue weighted by Gasteiger charge is 2.25. The Morgan fingerprint density at radius 3 is 2.68 bits per heavy atom. The molecule has 0 radical (unpaired) electrons. The third kappa shape index (κ3) is 4.42. The lowest BCUT2D eigenvalue weighted by Crippen LogP contribution is -2.19. The highest BCUT2D eigenvalue weighted by molar-refractivity contribution is 8.18. The summed E-state index contributed by atoms with van der Waals surface area (Å²) in [6, 6.07) is 17.3. The first-order chi connectivity index (χ1) is 15.0. The maximum absolute atomic E-state index is 12.5. The number of ether oxygens (including phenoxy) is 1. The first-order valence-corrected chi connectivity index (χ1v) is 9.99. The summed E-state index contributed by atoms with van der Waals surface area (Å²) in [4.78, 5) is 27.7. The maximum Gasteiger partial charge on any atom is 0.269 e. The summed E-state index contributed by atoms with van der Waals surface area (Å²) >= 11 is 1.18. The lowest BCUT2D eigenvalue weighted by molar-refractivity contribution is -0.384. The number of non-ortho nitro benzene ring substituents is 1. The van der Waals surface area contributed by atoms with Crippen LogP contribution in [-0.4, -0.2) is 22.6 Å². The fourth-order valence-corrected chi connectivity index (χ4v) is 3.87. The van der Waals surface area contributed by atoms with Gasteiger partial charge in [0.15, 0.2) is 5.17 Å². The average molecular weight is 429 g/mol. The largest absolute Gasteiger partial charge is 0.480 e. The molecule has 7 nitrogen and oxygen atoms in total. The molecule has 0 spiro atoms. The van der Waals surface area contributed by atoms with E-state index in [1.165, 1.54) is 36.0 Å². The molecule has 0 aromatic heterocycles. The number of hydrogen-bond donors (Lipinski definition) is 1. The van der Waals surface area contributed by atoms with Crippen molar-refractivity contribution in [3.63, 3.8) is 0 Å². The number of nitro groups is 1. The number of terminal acetylenes is 1. The molecule has 0 saturated carbocycles. The Morgan fingerprint density at radius 2 is 1.94 bits per heavy atom. The lowest BCUT2D eigenvalue weighted by atomic mass is 10.0. The Morgan fingerprint density at radius 1 is 1.16 bits per heavy atom. The van der Waals surface area contributed by atoms with E-state index in [9.17, 15) is 14.9 Å². The SMILES string of the molecule is C#CCOc1ccc2ccccc2c1/C=C1\SC(=Nc2ccc([N+](=O)[O-])cc2)NC1=O. The first kappa shape index (κ1) is 20.2. The average Bonchev–Trinajstić information content (AvgIpc) is 3.12. The Labute approximate surface area is 182 Å². The zero-order valence-corrected chi connectivity index (χ0v) is 16.9. The summed E-state index contributed by atoms with van der Waals surface area (Å²) in [6.07, 6.45) is 7.09. The van der Waals surface area contributed by atoms with Gasteiger partial charge in [-0.3, -0.25) is 14.9 Å². The van der Waals surface area contributed by atoms with Crippen LogP contribution in [0.2, 0.25) is 0 Å². The number of amidine groups is 1. The quantitative estimate of drug-likeness (QED) is 0.276. The van der Waals surface area contributed by atoms with Crippen molar-refractivity contribution in [2.24, 2.45) is 4.99 Å². The second-order valence-electron chi connectivity index (χ2n) is 6.45. The van der Waals surface area contributed by atoms with E-state index in [1.807, 2.05) is 36.4 Å². The molecule has 1 fully saturated rings. The number of nitro benzene ring substituents is 1. The summed E-state index contributed by atoms with van der Waals surface area (Å²) in [5.74, 6) is 2.74. The number of nitrogens with one attached hydrogen (secondary N) is 1. The van der Waals surface area contributed by atoms with E-state index in [1.54, 1.807) is 6.08 Å². The molecular formula is C23H15N3O4S. The molecule has 3 aromatic rings. The number of aliphatic imine (C=N–C) groups is 1.